The Morgan fingerprint density at radius 1 is 1.14 bits per heavy atom. The quantitative estimate of drug-likeness (QED) is 0.214. The molecule has 1 aliphatic heterocycles. The van der Waals surface area contributed by atoms with Crippen LogP contribution in [0.4, 0.5) is 0 Å². The third-order valence-electron chi connectivity index (χ3n) is 5.35. The molecule has 0 aliphatic carbocycles. The highest BCUT2D eigenvalue weighted by Crippen LogP contribution is 2.35. The van der Waals surface area contributed by atoms with E-state index in [0.29, 0.717) is 12.5 Å². The highest BCUT2D eigenvalue weighted by atomic mass is 127. The molecule has 0 saturated carbocycles. The average molecular weight is 519 g/mol. The van der Waals surface area contributed by atoms with Crippen LogP contribution >= 0.6 is 24.0 Å². The summed E-state index contributed by atoms with van der Waals surface area (Å²) in [6, 6.07) is 8.41. The molecule has 0 spiro atoms. The molecular formula is C22H38IN3O3. The van der Waals surface area contributed by atoms with E-state index in [1.165, 1.54) is 5.56 Å². The number of ether oxygens (including phenoxy) is 3. The first-order chi connectivity index (χ1) is 13.6. The number of aliphatic imine (C=N–C) groups is 1. The van der Waals surface area contributed by atoms with E-state index in [0.717, 1.165) is 63.9 Å². The summed E-state index contributed by atoms with van der Waals surface area (Å²) >= 11 is 0. The topological polar surface area (TPSA) is 64.1 Å². The van der Waals surface area contributed by atoms with Crippen LogP contribution in [0.5, 0.6) is 5.75 Å². The molecule has 0 aromatic heterocycles. The third-order valence-corrected chi connectivity index (χ3v) is 5.35. The van der Waals surface area contributed by atoms with E-state index in [-0.39, 0.29) is 29.4 Å². The number of rotatable bonds is 10. The van der Waals surface area contributed by atoms with Gasteiger partial charge in [0.25, 0.3) is 0 Å². The molecule has 1 aromatic rings. The Hall–Kier alpha value is -1.06. The highest BCUT2D eigenvalue weighted by Gasteiger charge is 2.34. The van der Waals surface area contributed by atoms with E-state index >= 15 is 0 Å². The van der Waals surface area contributed by atoms with Crippen LogP contribution in [0, 0.1) is 5.92 Å². The lowest BCUT2D eigenvalue weighted by Gasteiger charge is -2.38. The van der Waals surface area contributed by atoms with Crippen LogP contribution in [-0.2, 0) is 14.9 Å². The maximum atomic E-state index is 5.67. The molecule has 2 N–H and O–H groups in total. The van der Waals surface area contributed by atoms with Crippen molar-refractivity contribution in [1.82, 2.24) is 10.6 Å². The predicted molar refractivity (Wildman–Crippen MR) is 130 cm³/mol. The van der Waals surface area contributed by atoms with Crippen LogP contribution in [0.25, 0.3) is 0 Å². The van der Waals surface area contributed by atoms with Crippen molar-refractivity contribution in [2.24, 2.45) is 10.9 Å². The minimum atomic E-state index is 0. The number of guanidine groups is 1. The van der Waals surface area contributed by atoms with E-state index in [9.17, 15) is 0 Å². The second-order valence-electron chi connectivity index (χ2n) is 7.77. The number of nitrogens with zero attached hydrogens (tertiary/aromatic N) is 1. The molecular weight excluding hydrogens is 481 g/mol. The number of hydrogen-bond donors (Lipinski definition) is 2. The van der Waals surface area contributed by atoms with Gasteiger partial charge in [0.15, 0.2) is 5.96 Å². The second kappa shape index (κ2) is 14.0. The normalized spacial score (nSPS) is 16.2. The van der Waals surface area contributed by atoms with Gasteiger partial charge in [-0.05, 0) is 42.9 Å². The smallest absolute Gasteiger partial charge is 0.191 e. The van der Waals surface area contributed by atoms with Crippen LogP contribution in [0.2, 0.25) is 0 Å². The summed E-state index contributed by atoms with van der Waals surface area (Å²) in [6.45, 7) is 9.04. The van der Waals surface area contributed by atoms with Crippen molar-refractivity contribution in [2.75, 3.05) is 53.7 Å². The van der Waals surface area contributed by atoms with Crippen molar-refractivity contribution in [1.29, 1.82) is 0 Å². The predicted octanol–water partition coefficient (Wildman–Crippen LogP) is 3.59. The standard InChI is InChI=1S/C22H37N3O3.HI/c1-18(2)9-13-27-16-12-24-21(23-3)25-17-22(10-14-28-15-11-22)19-5-7-20(26-4)8-6-19;/h5-8,18H,9-17H2,1-4H3,(H2,23,24,25);1H. The van der Waals surface area contributed by atoms with Gasteiger partial charge in [-0.3, -0.25) is 4.99 Å². The van der Waals surface area contributed by atoms with Gasteiger partial charge < -0.3 is 24.8 Å². The van der Waals surface area contributed by atoms with Crippen molar-refractivity contribution in [2.45, 2.75) is 38.5 Å². The van der Waals surface area contributed by atoms with E-state index < -0.39 is 0 Å². The maximum Gasteiger partial charge on any atom is 0.191 e. The summed E-state index contributed by atoms with van der Waals surface area (Å²) in [4.78, 5) is 4.36. The van der Waals surface area contributed by atoms with Crippen molar-refractivity contribution in [3.63, 3.8) is 0 Å². The lowest BCUT2D eigenvalue weighted by atomic mass is 9.74. The first-order valence-corrected chi connectivity index (χ1v) is 10.3. The Labute approximate surface area is 193 Å². The SMILES string of the molecule is CN=C(NCCOCCC(C)C)NCC1(c2ccc(OC)cc2)CCOCC1.I. The first-order valence-electron chi connectivity index (χ1n) is 10.3. The summed E-state index contributed by atoms with van der Waals surface area (Å²) in [5.41, 5.74) is 1.35. The Morgan fingerprint density at radius 2 is 1.83 bits per heavy atom. The highest BCUT2D eigenvalue weighted by molar-refractivity contribution is 14.0. The second-order valence-corrected chi connectivity index (χ2v) is 7.77. The maximum absolute atomic E-state index is 5.67. The van der Waals surface area contributed by atoms with Crippen LogP contribution < -0.4 is 15.4 Å². The van der Waals surface area contributed by atoms with Crippen LogP contribution in [0.3, 0.4) is 0 Å². The number of halogens is 1. The first kappa shape index (κ1) is 26.0. The lowest BCUT2D eigenvalue weighted by molar-refractivity contribution is 0.0513. The van der Waals surface area contributed by atoms with Crippen molar-refractivity contribution >= 4 is 29.9 Å². The van der Waals surface area contributed by atoms with Gasteiger partial charge in [-0.15, -0.1) is 24.0 Å². The zero-order valence-electron chi connectivity index (χ0n) is 18.3. The third kappa shape index (κ3) is 8.68. The molecule has 6 nitrogen and oxygen atoms in total. The largest absolute Gasteiger partial charge is 0.497 e. The molecule has 0 radical (unpaired) electrons. The molecule has 2 rings (SSSR count). The lowest BCUT2D eigenvalue weighted by Crippen LogP contribution is -2.48. The molecule has 1 aromatic carbocycles. The summed E-state index contributed by atoms with van der Waals surface area (Å²) in [7, 11) is 3.50. The number of hydrogen-bond acceptors (Lipinski definition) is 4. The molecule has 0 unspecified atom stereocenters. The van der Waals surface area contributed by atoms with E-state index in [1.54, 1.807) is 14.2 Å². The van der Waals surface area contributed by atoms with Gasteiger partial charge in [-0.2, -0.15) is 0 Å². The van der Waals surface area contributed by atoms with Crippen molar-refractivity contribution < 1.29 is 14.2 Å². The molecule has 7 heteroatoms. The minimum Gasteiger partial charge on any atom is -0.497 e. The number of benzene rings is 1. The summed E-state index contributed by atoms with van der Waals surface area (Å²) in [6.07, 6.45) is 3.07. The van der Waals surface area contributed by atoms with Gasteiger partial charge >= 0.3 is 0 Å². The zero-order valence-corrected chi connectivity index (χ0v) is 20.7. The van der Waals surface area contributed by atoms with Crippen LogP contribution in [-0.4, -0.2) is 59.6 Å². The fourth-order valence-corrected chi connectivity index (χ4v) is 3.41. The van der Waals surface area contributed by atoms with Crippen LogP contribution in [0.1, 0.15) is 38.7 Å². The van der Waals surface area contributed by atoms with Crippen LogP contribution in [0.15, 0.2) is 29.3 Å². The van der Waals surface area contributed by atoms with E-state index in [1.807, 2.05) is 12.1 Å². The molecule has 1 heterocycles. The van der Waals surface area contributed by atoms with E-state index in [4.69, 9.17) is 14.2 Å². The van der Waals surface area contributed by atoms with Gasteiger partial charge in [0.1, 0.15) is 5.75 Å². The molecule has 0 bridgehead atoms. The summed E-state index contributed by atoms with van der Waals surface area (Å²) in [5.74, 6) is 2.37. The average Bonchev–Trinajstić information content (AvgIpc) is 2.73. The molecule has 166 valence electrons. The summed E-state index contributed by atoms with van der Waals surface area (Å²) in [5, 5.41) is 6.86. The van der Waals surface area contributed by atoms with Gasteiger partial charge in [0.05, 0.1) is 13.7 Å². The van der Waals surface area contributed by atoms with Gasteiger partial charge in [-0.25, -0.2) is 0 Å². The Kier molecular flexibility index (Phi) is 12.6. The Morgan fingerprint density at radius 3 is 2.41 bits per heavy atom. The molecule has 0 atom stereocenters. The van der Waals surface area contributed by atoms with Crippen molar-refractivity contribution in [3.05, 3.63) is 29.8 Å². The molecule has 1 aliphatic rings. The Bertz CT molecular complexity index is 587. The Balaban J connectivity index is 0.00000420. The van der Waals surface area contributed by atoms with Gasteiger partial charge in [-0.1, -0.05) is 26.0 Å². The number of methoxy groups -OCH3 is 1. The molecule has 1 fully saturated rings. The van der Waals surface area contributed by atoms with Gasteiger partial charge in [0, 0.05) is 45.4 Å². The number of nitrogens with one attached hydrogen (secondary N) is 2. The van der Waals surface area contributed by atoms with E-state index in [2.05, 4.69) is 41.6 Å². The van der Waals surface area contributed by atoms with Gasteiger partial charge in [0.2, 0.25) is 0 Å². The molecule has 1 saturated heterocycles. The molecule has 0 amide bonds. The summed E-state index contributed by atoms with van der Waals surface area (Å²) < 4.78 is 16.6. The minimum absolute atomic E-state index is 0. The zero-order chi connectivity index (χ0) is 20.2. The fraction of sp³-hybridized carbons (Fsp3) is 0.682. The molecule has 29 heavy (non-hydrogen) atoms. The fourth-order valence-electron chi connectivity index (χ4n) is 3.41. The van der Waals surface area contributed by atoms with Crippen molar-refractivity contribution in [3.8, 4) is 5.75 Å². The monoisotopic (exact) mass is 519 g/mol.